The van der Waals surface area contributed by atoms with Crippen LogP contribution < -0.4 is 10.6 Å². The summed E-state index contributed by atoms with van der Waals surface area (Å²) in [6.45, 7) is 7.18. The lowest BCUT2D eigenvalue weighted by Crippen LogP contribution is -2.61. The van der Waals surface area contributed by atoms with Crippen LogP contribution in [-0.2, 0) is 24.4 Å². The SMILES string of the molecule is CCC1(c2ccccc2)C(c2cc(C(F)(F)F)cc(C(F)(F)F)c2)NCCN1CCNC1CCN(Cc2ccccc2)CC1. The molecule has 3 aromatic rings. The molecule has 2 unspecified atom stereocenters. The minimum atomic E-state index is -4.91. The number of piperidine rings is 1. The Morgan fingerprint density at radius 1 is 0.818 bits per heavy atom. The molecule has 5 rings (SSSR count). The molecule has 0 spiro atoms. The van der Waals surface area contributed by atoms with Crippen LogP contribution in [-0.4, -0.2) is 55.1 Å². The number of halogens is 6. The second-order valence-corrected chi connectivity index (χ2v) is 11.8. The number of rotatable bonds is 9. The first-order valence-corrected chi connectivity index (χ1v) is 15.3. The molecule has 2 saturated heterocycles. The van der Waals surface area contributed by atoms with E-state index in [-0.39, 0.29) is 11.6 Å². The highest BCUT2D eigenvalue weighted by atomic mass is 19.4. The van der Waals surface area contributed by atoms with Crippen LogP contribution >= 0.6 is 0 Å². The summed E-state index contributed by atoms with van der Waals surface area (Å²) in [7, 11) is 0. The third-order valence-electron chi connectivity index (χ3n) is 9.18. The molecule has 0 amide bonds. The van der Waals surface area contributed by atoms with Gasteiger partial charge in [0.05, 0.1) is 22.7 Å². The maximum absolute atomic E-state index is 13.8. The largest absolute Gasteiger partial charge is 0.416 e. The van der Waals surface area contributed by atoms with Gasteiger partial charge in [-0.25, -0.2) is 0 Å². The fourth-order valence-corrected chi connectivity index (χ4v) is 6.99. The first-order valence-electron chi connectivity index (χ1n) is 15.3. The van der Waals surface area contributed by atoms with Crippen LogP contribution in [0.15, 0.2) is 78.9 Å². The quantitative estimate of drug-likeness (QED) is 0.248. The average Bonchev–Trinajstić information content (AvgIpc) is 3.01. The molecule has 2 N–H and O–H groups in total. The van der Waals surface area contributed by atoms with E-state index in [0.29, 0.717) is 38.6 Å². The van der Waals surface area contributed by atoms with Gasteiger partial charge in [0.1, 0.15) is 0 Å². The molecule has 10 heteroatoms. The normalized spacial score (nSPS) is 22.8. The first kappa shape index (κ1) is 32.5. The van der Waals surface area contributed by atoms with Crippen LogP contribution in [0.5, 0.6) is 0 Å². The highest BCUT2D eigenvalue weighted by Gasteiger charge is 2.48. The Kier molecular flexibility index (Phi) is 10.0. The summed E-state index contributed by atoms with van der Waals surface area (Å²) in [6.07, 6.45) is -7.30. The Hall–Kier alpha value is -2.92. The predicted molar refractivity (Wildman–Crippen MR) is 160 cm³/mol. The van der Waals surface area contributed by atoms with Gasteiger partial charge in [-0.3, -0.25) is 9.80 Å². The van der Waals surface area contributed by atoms with E-state index >= 15 is 0 Å². The van der Waals surface area contributed by atoms with Gasteiger partial charge in [-0.2, -0.15) is 26.3 Å². The van der Waals surface area contributed by atoms with E-state index in [1.54, 1.807) is 0 Å². The van der Waals surface area contributed by atoms with Crippen molar-refractivity contribution >= 4 is 0 Å². The molecule has 0 aliphatic carbocycles. The number of alkyl halides is 6. The predicted octanol–water partition coefficient (Wildman–Crippen LogP) is 7.23. The van der Waals surface area contributed by atoms with Crippen molar-refractivity contribution in [1.82, 2.24) is 20.4 Å². The van der Waals surface area contributed by atoms with Crippen LogP contribution in [0.3, 0.4) is 0 Å². The third kappa shape index (κ3) is 7.30. The molecule has 2 aliphatic heterocycles. The highest BCUT2D eigenvalue weighted by molar-refractivity contribution is 5.40. The topological polar surface area (TPSA) is 30.5 Å². The van der Waals surface area contributed by atoms with Gasteiger partial charge in [0, 0.05) is 38.8 Å². The van der Waals surface area contributed by atoms with Gasteiger partial charge >= 0.3 is 12.4 Å². The Labute approximate surface area is 255 Å². The number of benzene rings is 3. The average molecular weight is 619 g/mol. The molecule has 238 valence electrons. The van der Waals surface area contributed by atoms with Gasteiger partial charge in [0.15, 0.2) is 0 Å². The van der Waals surface area contributed by atoms with Gasteiger partial charge in [-0.1, -0.05) is 67.6 Å². The molecule has 0 radical (unpaired) electrons. The number of hydrogen-bond donors (Lipinski definition) is 2. The number of nitrogens with one attached hydrogen (secondary N) is 2. The van der Waals surface area contributed by atoms with Gasteiger partial charge in [0.2, 0.25) is 0 Å². The fraction of sp³-hybridized carbons (Fsp3) is 0.471. The van der Waals surface area contributed by atoms with Crippen molar-refractivity contribution in [3.63, 3.8) is 0 Å². The van der Waals surface area contributed by atoms with E-state index in [0.717, 1.165) is 50.2 Å². The van der Waals surface area contributed by atoms with Gasteiger partial charge in [-0.15, -0.1) is 0 Å². The van der Waals surface area contributed by atoms with Crippen LogP contribution in [0.4, 0.5) is 26.3 Å². The molecular formula is C34H40F6N4. The van der Waals surface area contributed by atoms with E-state index in [4.69, 9.17) is 0 Å². The van der Waals surface area contributed by atoms with Crippen LogP contribution in [0.2, 0.25) is 0 Å². The maximum Gasteiger partial charge on any atom is 0.416 e. The molecule has 2 heterocycles. The van der Waals surface area contributed by atoms with Crippen molar-refractivity contribution in [2.45, 2.75) is 62.7 Å². The zero-order valence-electron chi connectivity index (χ0n) is 24.9. The molecular weight excluding hydrogens is 578 g/mol. The summed E-state index contributed by atoms with van der Waals surface area (Å²) in [5.41, 5.74) is -1.29. The van der Waals surface area contributed by atoms with Crippen molar-refractivity contribution in [1.29, 1.82) is 0 Å². The van der Waals surface area contributed by atoms with Crippen LogP contribution in [0.25, 0.3) is 0 Å². The maximum atomic E-state index is 13.8. The smallest absolute Gasteiger partial charge is 0.313 e. The van der Waals surface area contributed by atoms with E-state index in [9.17, 15) is 26.3 Å². The van der Waals surface area contributed by atoms with Gasteiger partial charge in [-0.05, 0) is 67.2 Å². The number of likely N-dealkylation sites (tertiary alicyclic amines) is 1. The molecule has 0 saturated carbocycles. The molecule has 44 heavy (non-hydrogen) atoms. The Bertz CT molecular complexity index is 1310. The highest BCUT2D eigenvalue weighted by Crippen LogP contribution is 2.47. The van der Waals surface area contributed by atoms with Crippen molar-refractivity contribution < 1.29 is 26.3 Å². The Balaban J connectivity index is 1.35. The van der Waals surface area contributed by atoms with Crippen LogP contribution in [0, 0.1) is 0 Å². The molecule has 0 aromatic heterocycles. The molecule has 3 aromatic carbocycles. The zero-order chi connectivity index (χ0) is 31.4. The summed E-state index contributed by atoms with van der Waals surface area (Å²) >= 11 is 0. The number of piperazine rings is 1. The first-order chi connectivity index (χ1) is 21.0. The second-order valence-electron chi connectivity index (χ2n) is 11.8. The fourth-order valence-electron chi connectivity index (χ4n) is 6.99. The lowest BCUT2D eigenvalue weighted by atomic mass is 9.74. The Morgan fingerprint density at radius 3 is 1.98 bits per heavy atom. The molecule has 2 atom stereocenters. The zero-order valence-corrected chi connectivity index (χ0v) is 24.9. The summed E-state index contributed by atoms with van der Waals surface area (Å²) in [5.74, 6) is 0. The molecule has 2 aliphatic rings. The number of nitrogens with zero attached hydrogens (tertiary/aromatic N) is 2. The van der Waals surface area contributed by atoms with E-state index in [2.05, 4.69) is 44.7 Å². The van der Waals surface area contributed by atoms with E-state index < -0.39 is 35.1 Å². The summed E-state index contributed by atoms with van der Waals surface area (Å²) < 4.78 is 83.1. The minimum absolute atomic E-state index is 0.0127. The van der Waals surface area contributed by atoms with Gasteiger partial charge in [0.25, 0.3) is 0 Å². The van der Waals surface area contributed by atoms with Crippen LogP contribution in [0.1, 0.15) is 60.0 Å². The van der Waals surface area contributed by atoms with Crippen molar-refractivity contribution in [3.8, 4) is 0 Å². The minimum Gasteiger partial charge on any atom is -0.313 e. The summed E-state index contributed by atoms with van der Waals surface area (Å²) in [4.78, 5) is 4.70. The third-order valence-corrected chi connectivity index (χ3v) is 9.18. The van der Waals surface area contributed by atoms with Crippen molar-refractivity contribution in [2.24, 2.45) is 0 Å². The monoisotopic (exact) mass is 618 g/mol. The standard InChI is InChI=1S/C34H40F6N4/c1-2-32(27-11-7-4-8-12-27)31(26-21-28(33(35,36)37)23-29(22-26)34(38,39)40)42-16-20-44(32)19-15-41-30-13-17-43(18-14-30)24-25-9-5-3-6-10-25/h3-12,21-23,30-31,41-42H,2,13-20,24H2,1H3. The lowest BCUT2D eigenvalue weighted by Gasteiger charge is -2.53. The van der Waals surface area contributed by atoms with Crippen molar-refractivity contribution in [3.05, 3.63) is 107 Å². The molecule has 2 fully saturated rings. The van der Waals surface area contributed by atoms with Crippen molar-refractivity contribution in [2.75, 3.05) is 39.3 Å². The van der Waals surface area contributed by atoms with E-state index in [1.807, 2.05) is 43.3 Å². The van der Waals surface area contributed by atoms with Gasteiger partial charge < -0.3 is 10.6 Å². The summed E-state index contributed by atoms with van der Waals surface area (Å²) in [5, 5.41) is 7.02. The summed E-state index contributed by atoms with van der Waals surface area (Å²) in [6, 6.07) is 21.4. The lowest BCUT2D eigenvalue weighted by molar-refractivity contribution is -0.143. The molecule has 4 nitrogen and oxygen atoms in total. The second kappa shape index (κ2) is 13.6. The Morgan fingerprint density at radius 2 is 1.41 bits per heavy atom. The molecule has 0 bridgehead atoms. The van der Waals surface area contributed by atoms with E-state index in [1.165, 1.54) is 5.56 Å². The number of hydrogen-bond acceptors (Lipinski definition) is 4.